The molecular formula is C22H32N2O3. The summed E-state index contributed by atoms with van der Waals surface area (Å²) in [5, 5.41) is 22.2. The number of hydrogen-bond donors (Lipinski definition) is 1. The van der Waals surface area contributed by atoms with Crippen molar-refractivity contribution in [3.8, 4) is 0 Å². The molecule has 0 unspecified atom stereocenters. The van der Waals surface area contributed by atoms with E-state index >= 15 is 0 Å². The number of benzene rings is 1. The highest BCUT2D eigenvalue weighted by Crippen LogP contribution is 2.45. The van der Waals surface area contributed by atoms with Gasteiger partial charge in [0.25, 0.3) is 5.69 Å². The molecule has 1 saturated heterocycles. The average Bonchev–Trinajstić information content (AvgIpc) is 3.02. The summed E-state index contributed by atoms with van der Waals surface area (Å²) in [5.41, 5.74) is 2.38. The molecule has 2 aliphatic carbocycles. The molecule has 5 atom stereocenters. The Bertz CT molecular complexity index is 732. The number of aliphatic hydroxyl groups is 1. The van der Waals surface area contributed by atoms with Gasteiger partial charge in [0, 0.05) is 36.2 Å². The number of nitrogens with zero attached hydrogens (tertiary/aromatic N) is 2. The van der Waals surface area contributed by atoms with Crippen molar-refractivity contribution in [2.75, 3.05) is 13.1 Å². The zero-order valence-electron chi connectivity index (χ0n) is 16.7. The molecule has 0 aromatic heterocycles. The fourth-order valence-electron chi connectivity index (χ4n) is 6.04. The van der Waals surface area contributed by atoms with Crippen LogP contribution in [-0.2, 0) is 12.8 Å². The van der Waals surface area contributed by atoms with Gasteiger partial charge in [-0.15, -0.1) is 0 Å². The third-order valence-corrected chi connectivity index (χ3v) is 7.77. The zero-order valence-corrected chi connectivity index (χ0v) is 16.7. The number of fused-ring (bicyclic) bond motifs is 2. The van der Waals surface area contributed by atoms with Crippen LogP contribution < -0.4 is 0 Å². The standard InChI is InChI=1S/C22H32N2O3/c1-14-7-8-19(21(25)9-14)22(2,3)23-12-16-10-15-5-4-6-20(24(26)27)18(15)11-17(16)13-23/h4-6,14,16-17,19,21,25H,7-13H2,1-3H3/t14-,16-,17-,19-,21-/m1/s1. The summed E-state index contributed by atoms with van der Waals surface area (Å²) in [5.74, 6) is 1.98. The van der Waals surface area contributed by atoms with Gasteiger partial charge in [-0.1, -0.05) is 25.5 Å². The highest BCUT2D eigenvalue weighted by Gasteiger charge is 2.47. The lowest BCUT2D eigenvalue weighted by Crippen LogP contribution is -2.53. The number of rotatable bonds is 3. The van der Waals surface area contributed by atoms with Gasteiger partial charge in [0.15, 0.2) is 0 Å². The number of aliphatic hydroxyl groups excluding tert-OH is 1. The number of nitro benzene ring substituents is 1. The molecule has 1 saturated carbocycles. The highest BCUT2D eigenvalue weighted by atomic mass is 16.6. The third-order valence-electron chi connectivity index (χ3n) is 7.77. The van der Waals surface area contributed by atoms with Crippen LogP contribution in [-0.4, -0.2) is 39.7 Å². The number of nitro groups is 1. The fraction of sp³-hybridized carbons (Fsp3) is 0.727. The maximum Gasteiger partial charge on any atom is 0.272 e. The molecular weight excluding hydrogens is 340 g/mol. The summed E-state index contributed by atoms with van der Waals surface area (Å²) < 4.78 is 0. The molecule has 148 valence electrons. The van der Waals surface area contributed by atoms with Crippen LogP contribution in [0.4, 0.5) is 5.69 Å². The van der Waals surface area contributed by atoms with E-state index in [2.05, 4.69) is 31.7 Å². The molecule has 2 fully saturated rings. The largest absolute Gasteiger partial charge is 0.393 e. The summed E-state index contributed by atoms with van der Waals surface area (Å²) in [7, 11) is 0. The van der Waals surface area contributed by atoms with Gasteiger partial charge in [0.2, 0.25) is 0 Å². The molecule has 5 nitrogen and oxygen atoms in total. The van der Waals surface area contributed by atoms with Crippen molar-refractivity contribution in [3.05, 3.63) is 39.4 Å². The Morgan fingerprint density at radius 1 is 1.19 bits per heavy atom. The molecule has 1 aliphatic heterocycles. The molecule has 5 heteroatoms. The molecule has 27 heavy (non-hydrogen) atoms. The first kappa shape index (κ1) is 18.9. The van der Waals surface area contributed by atoms with E-state index in [9.17, 15) is 15.2 Å². The molecule has 1 aromatic carbocycles. The first-order chi connectivity index (χ1) is 12.8. The van der Waals surface area contributed by atoms with Crippen molar-refractivity contribution in [1.82, 2.24) is 4.90 Å². The number of hydrogen-bond acceptors (Lipinski definition) is 4. The van der Waals surface area contributed by atoms with E-state index in [1.165, 1.54) is 6.42 Å². The lowest BCUT2D eigenvalue weighted by molar-refractivity contribution is -0.385. The summed E-state index contributed by atoms with van der Waals surface area (Å²) >= 11 is 0. The zero-order chi connectivity index (χ0) is 19.3. The minimum absolute atomic E-state index is 0.0327. The predicted molar refractivity (Wildman–Crippen MR) is 106 cm³/mol. The van der Waals surface area contributed by atoms with Crippen molar-refractivity contribution >= 4 is 5.69 Å². The third kappa shape index (κ3) is 3.29. The molecule has 0 spiro atoms. The van der Waals surface area contributed by atoms with Crippen molar-refractivity contribution < 1.29 is 10.0 Å². The molecule has 1 aromatic rings. The molecule has 0 radical (unpaired) electrons. The highest BCUT2D eigenvalue weighted by molar-refractivity contribution is 5.47. The van der Waals surface area contributed by atoms with E-state index in [1.54, 1.807) is 6.07 Å². The minimum atomic E-state index is -0.227. The van der Waals surface area contributed by atoms with Gasteiger partial charge in [0.05, 0.1) is 11.0 Å². The van der Waals surface area contributed by atoms with Crippen LogP contribution in [0.3, 0.4) is 0 Å². The van der Waals surface area contributed by atoms with E-state index in [1.807, 2.05) is 6.07 Å². The van der Waals surface area contributed by atoms with Crippen LogP contribution in [0.15, 0.2) is 18.2 Å². The van der Waals surface area contributed by atoms with Gasteiger partial charge in [-0.05, 0) is 62.8 Å². The first-order valence-corrected chi connectivity index (χ1v) is 10.5. The maximum atomic E-state index is 11.4. The van der Waals surface area contributed by atoms with Gasteiger partial charge >= 0.3 is 0 Å². The Labute approximate surface area is 161 Å². The maximum absolute atomic E-state index is 11.4. The van der Waals surface area contributed by atoms with Crippen LogP contribution in [0, 0.1) is 33.8 Å². The lowest BCUT2D eigenvalue weighted by Gasteiger charge is -2.47. The normalized spacial score (nSPS) is 34.1. The molecule has 0 amide bonds. The van der Waals surface area contributed by atoms with Crippen molar-refractivity contribution in [3.63, 3.8) is 0 Å². The molecule has 4 rings (SSSR count). The Hall–Kier alpha value is -1.46. The molecule has 3 aliphatic rings. The van der Waals surface area contributed by atoms with Gasteiger partial charge in [-0.3, -0.25) is 15.0 Å². The summed E-state index contributed by atoms with van der Waals surface area (Å²) in [6.07, 6.45) is 4.74. The van der Waals surface area contributed by atoms with Crippen LogP contribution in [0.25, 0.3) is 0 Å². The topological polar surface area (TPSA) is 66.6 Å². The Morgan fingerprint density at radius 2 is 1.89 bits per heavy atom. The Kier molecular flexibility index (Phi) is 4.79. The number of likely N-dealkylation sites (tertiary alicyclic amines) is 1. The SMILES string of the molecule is C[C@@H]1CC[C@@H](C(C)(C)N2C[C@H]3Cc4cccc([N+](=O)[O-])c4C[C@@H]3C2)[C@H](O)C1. The second kappa shape index (κ2) is 6.85. The fourth-order valence-corrected chi connectivity index (χ4v) is 6.04. The van der Waals surface area contributed by atoms with Crippen LogP contribution >= 0.6 is 0 Å². The van der Waals surface area contributed by atoms with Crippen molar-refractivity contribution in [2.24, 2.45) is 23.7 Å². The van der Waals surface area contributed by atoms with E-state index in [4.69, 9.17) is 0 Å². The second-order valence-electron chi connectivity index (χ2n) is 9.75. The molecule has 1 N–H and O–H groups in total. The summed E-state index contributed by atoms with van der Waals surface area (Å²) in [6, 6.07) is 5.54. The molecule has 1 heterocycles. The molecule has 0 bridgehead atoms. The van der Waals surface area contributed by atoms with E-state index in [0.29, 0.717) is 29.4 Å². The van der Waals surface area contributed by atoms with Crippen molar-refractivity contribution in [1.29, 1.82) is 0 Å². The monoisotopic (exact) mass is 372 g/mol. The first-order valence-electron chi connectivity index (χ1n) is 10.5. The summed E-state index contributed by atoms with van der Waals surface area (Å²) in [4.78, 5) is 13.8. The Balaban J connectivity index is 1.52. The van der Waals surface area contributed by atoms with Gasteiger partial charge in [-0.25, -0.2) is 0 Å². The summed E-state index contributed by atoms with van der Waals surface area (Å²) in [6.45, 7) is 8.86. The predicted octanol–water partition coefficient (Wildman–Crippen LogP) is 3.82. The quantitative estimate of drug-likeness (QED) is 0.647. The minimum Gasteiger partial charge on any atom is -0.393 e. The smallest absolute Gasteiger partial charge is 0.272 e. The van der Waals surface area contributed by atoms with E-state index in [-0.39, 0.29) is 16.6 Å². The average molecular weight is 373 g/mol. The lowest BCUT2D eigenvalue weighted by atomic mass is 9.71. The Morgan fingerprint density at radius 3 is 2.56 bits per heavy atom. The second-order valence-corrected chi connectivity index (χ2v) is 9.75. The van der Waals surface area contributed by atoms with Gasteiger partial charge in [-0.2, -0.15) is 0 Å². The van der Waals surface area contributed by atoms with Crippen LogP contribution in [0.2, 0.25) is 0 Å². The van der Waals surface area contributed by atoms with Crippen LogP contribution in [0.1, 0.15) is 51.2 Å². The van der Waals surface area contributed by atoms with Gasteiger partial charge in [0.1, 0.15) is 0 Å². The van der Waals surface area contributed by atoms with E-state index < -0.39 is 0 Å². The van der Waals surface area contributed by atoms with E-state index in [0.717, 1.165) is 49.9 Å². The van der Waals surface area contributed by atoms with Crippen LogP contribution in [0.5, 0.6) is 0 Å². The van der Waals surface area contributed by atoms with Gasteiger partial charge < -0.3 is 5.11 Å². The van der Waals surface area contributed by atoms with Crippen molar-refractivity contribution in [2.45, 2.75) is 64.5 Å².